The average molecular weight is 256 g/mol. The molecule has 0 fully saturated rings. The molecule has 1 aromatic rings. The predicted molar refractivity (Wildman–Crippen MR) is 66.6 cm³/mol. The van der Waals surface area contributed by atoms with Crippen LogP contribution in [0.5, 0.6) is 0 Å². The second kappa shape index (κ2) is 5.88. The van der Waals surface area contributed by atoms with Crippen LogP contribution in [0.3, 0.4) is 0 Å². The van der Waals surface area contributed by atoms with Gasteiger partial charge < -0.3 is 4.74 Å². The lowest BCUT2D eigenvalue weighted by atomic mass is 10.3. The number of carbonyl (C=O) groups is 2. The molecule has 0 aliphatic heterocycles. The van der Waals surface area contributed by atoms with Crippen molar-refractivity contribution in [3.63, 3.8) is 0 Å². The van der Waals surface area contributed by atoms with Crippen molar-refractivity contribution in [2.24, 2.45) is 0 Å². The summed E-state index contributed by atoms with van der Waals surface area (Å²) >= 11 is 1.18. The molecule has 0 atom stereocenters. The Morgan fingerprint density at radius 1 is 1.47 bits per heavy atom. The van der Waals surface area contributed by atoms with Crippen molar-refractivity contribution in [1.29, 1.82) is 0 Å². The van der Waals surface area contributed by atoms with Crippen molar-refractivity contribution in [2.45, 2.75) is 33.8 Å². The molecule has 0 spiro atoms. The maximum atomic E-state index is 11.5. The molecule has 17 heavy (non-hydrogen) atoms. The topological polar surface area (TPSA) is 68.3 Å². The largest absolute Gasteiger partial charge is 0.369 e. The van der Waals surface area contributed by atoms with Crippen molar-refractivity contribution < 1.29 is 14.3 Å². The van der Waals surface area contributed by atoms with E-state index in [1.54, 1.807) is 6.92 Å². The molecule has 0 bridgehead atoms. The Morgan fingerprint density at radius 2 is 2.12 bits per heavy atom. The third-order valence-corrected chi connectivity index (χ3v) is 3.08. The molecule has 0 radical (unpaired) electrons. The van der Waals surface area contributed by atoms with Crippen LogP contribution < -0.4 is 5.32 Å². The van der Waals surface area contributed by atoms with Gasteiger partial charge in [0.2, 0.25) is 0 Å². The number of anilines is 1. The number of ether oxygens (including phenoxy) is 1. The standard InChI is InChI=1S/C11H16N2O3S/c1-6(2)16-5-9(15)13-11-12-7(3)10(17-11)8(4)14/h6H,5H2,1-4H3,(H,12,13,15). The van der Waals surface area contributed by atoms with Gasteiger partial charge >= 0.3 is 0 Å². The molecular formula is C11H16N2O3S. The van der Waals surface area contributed by atoms with Crippen molar-refractivity contribution in [1.82, 2.24) is 4.98 Å². The summed E-state index contributed by atoms with van der Waals surface area (Å²) < 4.78 is 5.16. The fourth-order valence-corrected chi connectivity index (χ4v) is 2.05. The van der Waals surface area contributed by atoms with Gasteiger partial charge in [-0.2, -0.15) is 0 Å². The van der Waals surface area contributed by atoms with Gasteiger partial charge in [-0.3, -0.25) is 14.9 Å². The molecule has 0 aromatic carbocycles. The lowest BCUT2D eigenvalue weighted by molar-refractivity contribution is -0.121. The zero-order chi connectivity index (χ0) is 13.0. The number of rotatable bonds is 5. The maximum absolute atomic E-state index is 11.5. The van der Waals surface area contributed by atoms with Gasteiger partial charge in [-0.05, 0) is 20.8 Å². The normalized spacial score (nSPS) is 10.6. The van der Waals surface area contributed by atoms with E-state index in [0.29, 0.717) is 15.7 Å². The lowest BCUT2D eigenvalue weighted by Gasteiger charge is -2.06. The minimum Gasteiger partial charge on any atom is -0.369 e. The third-order valence-electron chi connectivity index (χ3n) is 1.91. The Balaban J connectivity index is 2.60. The highest BCUT2D eigenvalue weighted by Crippen LogP contribution is 2.22. The van der Waals surface area contributed by atoms with Gasteiger partial charge in [0.05, 0.1) is 16.7 Å². The van der Waals surface area contributed by atoms with E-state index in [0.717, 1.165) is 0 Å². The molecule has 1 amide bonds. The first-order valence-electron chi connectivity index (χ1n) is 5.30. The Labute approximate surface area is 104 Å². The van der Waals surface area contributed by atoms with Crippen LogP contribution in [0.15, 0.2) is 0 Å². The van der Waals surface area contributed by atoms with E-state index in [-0.39, 0.29) is 24.4 Å². The highest BCUT2D eigenvalue weighted by molar-refractivity contribution is 7.17. The molecule has 1 heterocycles. The molecule has 5 nitrogen and oxygen atoms in total. The van der Waals surface area contributed by atoms with E-state index in [4.69, 9.17) is 4.74 Å². The second-order valence-electron chi connectivity index (χ2n) is 3.90. The number of hydrogen-bond donors (Lipinski definition) is 1. The number of hydrogen-bond acceptors (Lipinski definition) is 5. The van der Waals surface area contributed by atoms with Gasteiger partial charge in [0.1, 0.15) is 6.61 Å². The number of ketones is 1. The number of aryl methyl sites for hydroxylation is 1. The van der Waals surface area contributed by atoms with Crippen LogP contribution in [0.1, 0.15) is 36.1 Å². The van der Waals surface area contributed by atoms with Crippen LogP contribution >= 0.6 is 11.3 Å². The summed E-state index contributed by atoms with van der Waals surface area (Å²) in [6.07, 6.45) is 0.00608. The van der Waals surface area contributed by atoms with E-state index in [2.05, 4.69) is 10.3 Å². The SMILES string of the molecule is CC(=O)c1sc(NC(=O)COC(C)C)nc1C. The number of nitrogens with zero attached hydrogens (tertiary/aromatic N) is 1. The van der Waals surface area contributed by atoms with Gasteiger partial charge in [0.15, 0.2) is 10.9 Å². The minimum atomic E-state index is -0.262. The fraction of sp³-hybridized carbons (Fsp3) is 0.545. The van der Waals surface area contributed by atoms with Gasteiger partial charge in [-0.1, -0.05) is 11.3 Å². The van der Waals surface area contributed by atoms with Gasteiger partial charge in [0, 0.05) is 6.92 Å². The van der Waals surface area contributed by atoms with E-state index >= 15 is 0 Å². The van der Waals surface area contributed by atoms with Crippen LogP contribution in [-0.4, -0.2) is 29.4 Å². The van der Waals surface area contributed by atoms with Crippen molar-refractivity contribution >= 4 is 28.2 Å². The Morgan fingerprint density at radius 3 is 2.59 bits per heavy atom. The fourth-order valence-electron chi connectivity index (χ4n) is 1.17. The molecule has 0 aliphatic rings. The molecule has 1 N–H and O–H groups in total. The van der Waals surface area contributed by atoms with Crippen molar-refractivity contribution in [3.05, 3.63) is 10.6 Å². The van der Waals surface area contributed by atoms with Gasteiger partial charge in [-0.15, -0.1) is 0 Å². The Kier molecular flexibility index (Phi) is 4.77. The molecule has 1 rings (SSSR count). The lowest BCUT2D eigenvalue weighted by Crippen LogP contribution is -2.20. The zero-order valence-corrected chi connectivity index (χ0v) is 11.2. The number of carbonyl (C=O) groups excluding carboxylic acids is 2. The number of aromatic nitrogens is 1. The summed E-state index contributed by atoms with van der Waals surface area (Å²) in [6.45, 7) is 6.93. The van der Waals surface area contributed by atoms with Crippen LogP contribution in [-0.2, 0) is 9.53 Å². The predicted octanol–water partition coefficient (Wildman–Crippen LogP) is 2.02. The molecule has 0 unspecified atom stereocenters. The van der Waals surface area contributed by atoms with Gasteiger partial charge in [0.25, 0.3) is 5.91 Å². The van der Waals surface area contributed by atoms with E-state index in [1.165, 1.54) is 18.3 Å². The summed E-state index contributed by atoms with van der Waals surface area (Å²) in [5.74, 6) is -0.304. The van der Waals surface area contributed by atoms with E-state index in [9.17, 15) is 9.59 Å². The molecule has 6 heteroatoms. The van der Waals surface area contributed by atoms with Gasteiger partial charge in [-0.25, -0.2) is 4.98 Å². The Bertz CT molecular complexity index is 426. The molecule has 94 valence electrons. The van der Waals surface area contributed by atoms with Crippen molar-refractivity contribution in [2.75, 3.05) is 11.9 Å². The minimum absolute atomic E-state index is 0.00608. The summed E-state index contributed by atoms with van der Waals surface area (Å²) in [4.78, 5) is 27.3. The quantitative estimate of drug-likeness (QED) is 0.818. The Hall–Kier alpha value is -1.27. The van der Waals surface area contributed by atoms with E-state index in [1.807, 2.05) is 13.8 Å². The van der Waals surface area contributed by atoms with Crippen molar-refractivity contribution in [3.8, 4) is 0 Å². The summed E-state index contributed by atoms with van der Waals surface area (Å²) in [7, 11) is 0. The second-order valence-corrected chi connectivity index (χ2v) is 4.90. The smallest absolute Gasteiger partial charge is 0.252 e. The molecule has 0 saturated heterocycles. The van der Waals surface area contributed by atoms with E-state index < -0.39 is 0 Å². The van der Waals surface area contributed by atoms with Crippen LogP contribution in [0.25, 0.3) is 0 Å². The molecule has 0 aliphatic carbocycles. The van der Waals surface area contributed by atoms with Crippen LogP contribution in [0.4, 0.5) is 5.13 Å². The van der Waals surface area contributed by atoms with Crippen LogP contribution in [0.2, 0.25) is 0 Å². The molecule has 0 saturated carbocycles. The van der Waals surface area contributed by atoms with Crippen LogP contribution in [0, 0.1) is 6.92 Å². The molecular weight excluding hydrogens is 240 g/mol. The zero-order valence-electron chi connectivity index (χ0n) is 10.4. The molecule has 1 aromatic heterocycles. The summed E-state index contributed by atoms with van der Waals surface area (Å²) in [5, 5.41) is 3.04. The number of Topliss-reactive ketones (excluding diaryl/α,β-unsaturated/α-hetero) is 1. The summed E-state index contributed by atoms with van der Waals surface area (Å²) in [6, 6.07) is 0. The highest BCUT2D eigenvalue weighted by Gasteiger charge is 2.13. The maximum Gasteiger partial charge on any atom is 0.252 e. The summed E-state index contributed by atoms with van der Waals surface area (Å²) in [5.41, 5.74) is 0.641. The number of nitrogens with one attached hydrogen (secondary N) is 1. The first-order chi connectivity index (χ1) is 7.90. The average Bonchev–Trinajstić information content (AvgIpc) is 2.56. The first kappa shape index (κ1) is 13.8. The highest BCUT2D eigenvalue weighted by atomic mass is 32.1. The monoisotopic (exact) mass is 256 g/mol. The number of amides is 1. The third kappa shape index (κ3) is 4.24. The number of thiazole rings is 1. The first-order valence-corrected chi connectivity index (χ1v) is 6.11.